The zero-order chi connectivity index (χ0) is 24.0. The standard InChI is InChI=1S/C23H21F3N4O2S/c1-3-4-11-32-20-10-9-17(12-18(20)23(24,25)26)30(2)22-29-19(14-33-22)21(31)28-16-7-5-15(13-27)6-8-16/h5-10,12,14H,3-4,11H2,1-2H3,(H,28,31). The highest BCUT2D eigenvalue weighted by molar-refractivity contribution is 7.14. The predicted molar refractivity (Wildman–Crippen MR) is 121 cm³/mol. The number of nitrogens with zero attached hydrogens (tertiary/aromatic N) is 3. The Labute approximate surface area is 193 Å². The first-order chi connectivity index (χ1) is 15.7. The number of unbranched alkanes of at least 4 members (excludes halogenated alkanes) is 1. The second-order valence-corrected chi connectivity index (χ2v) is 7.93. The van der Waals surface area contributed by atoms with Gasteiger partial charge in [-0.15, -0.1) is 11.3 Å². The number of aromatic nitrogens is 1. The second-order valence-electron chi connectivity index (χ2n) is 7.10. The van der Waals surface area contributed by atoms with E-state index in [1.54, 1.807) is 31.3 Å². The molecule has 0 aliphatic heterocycles. The number of alkyl halides is 3. The molecule has 0 unspecified atom stereocenters. The van der Waals surface area contributed by atoms with E-state index < -0.39 is 17.6 Å². The van der Waals surface area contributed by atoms with E-state index in [2.05, 4.69) is 10.3 Å². The molecule has 0 saturated carbocycles. The minimum Gasteiger partial charge on any atom is -0.493 e. The van der Waals surface area contributed by atoms with Crippen molar-refractivity contribution in [3.8, 4) is 11.8 Å². The summed E-state index contributed by atoms with van der Waals surface area (Å²) < 4.78 is 46.1. The van der Waals surface area contributed by atoms with Crippen LogP contribution >= 0.6 is 11.3 Å². The topological polar surface area (TPSA) is 78.2 Å². The molecule has 6 nitrogen and oxygen atoms in total. The van der Waals surface area contributed by atoms with Gasteiger partial charge in [-0.25, -0.2) is 4.98 Å². The van der Waals surface area contributed by atoms with Crippen molar-refractivity contribution < 1.29 is 22.7 Å². The number of nitriles is 1. The summed E-state index contributed by atoms with van der Waals surface area (Å²) in [6.45, 7) is 2.14. The first-order valence-corrected chi connectivity index (χ1v) is 11.0. The molecule has 0 saturated heterocycles. The SMILES string of the molecule is CCCCOc1ccc(N(C)c2nc(C(=O)Nc3ccc(C#N)cc3)cs2)cc1C(F)(F)F. The molecule has 0 spiro atoms. The van der Waals surface area contributed by atoms with Gasteiger partial charge in [-0.05, 0) is 48.9 Å². The number of amides is 1. The van der Waals surface area contributed by atoms with E-state index in [1.807, 2.05) is 13.0 Å². The van der Waals surface area contributed by atoms with Crippen LogP contribution in [0.3, 0.4) is 0 Å². The summed E-state index contributed by atoms with van der Waals surface area (Å²) >= 11 is 1.13. The van der Waals surface area contributed by atoms with Crippen LogP contribution in [-0.4, -0.2) is 24.5 Å². The van der Waals surface area contributed by atoms with Crippen molar-refractivity contribution in [2.45, 2.75) is 25.9 Å². The van der Waals surface area contributed by atoms with Crippen LogP contribution in [-0.2, 0) is 6.18 Å². The van der Waals surface area contributed by atoms with Crippen LogP contribution in [0.2, 0.25) is 0 Å². The number of rotatable bonds is 8. The molecule has 172 valence electrons. The quantitative estimate of drug-likeness (QED) is 0.392. The number of carbonyl (C=O) groups excluding carboxylic acids is 1. The average Bonchev–Trinajstić information content (AvgIpc) is 3.29. The molecule has 3 aromatic rings. The summed E-state index contributed by atoms with van der Waals surface area (Å²) in [5.74, 6) is -0.680. The fourth-order valence-electron chi connectivity index (χ4n) is 2.86. The Morgan fingerprint density at radius 3 is 2.61 bits per heavy atom. The predicted octanol–water partition coefficient (Wildman–Crippen LogP) is 6.23. The molecule has 0 radical (unpaired) electrons. The maximum absolute atomic E-state index is 13.6. The summed E-state index contributed by atoms with van der Waals surface area (Å²) in [5, 5.41) is 13.4. The molecule has 1 heterocycles. The first-order valence-electron chi connectivity index (χ1n) is 10.1. The van der Waals surface area contributed by atoms with Gasteiger partial charge in [0.25, 0.3) is 5.91 Å². The second kappa shape index (κ2) is 10.4. The Bertz CT molecular complexity index is 1150. The Balaban J connectivity index is 1.77. The third-order valence-corrected chi connectivity index (χ3v) is 5.61. The van der Waals surface area contributed by atoms with Crippen LogP contribution in [0.25, 0.3) is 0 Å². The van der Waals surface area contributed by atoms with Crippen molar-refractivity contribution in [3.05, 3.63) is 64.7 Å². The molecule has 0 atom stereocenters. The highest BCUT2D eigenvalue weighted by atomic mass is 32.1. The summed E-state index contributed by atoms with van der Waals surface area (Å²) in [5.41, 5.74) is 0.486. The minimum absolute atomic E-state index is 0.127. The number of benzene rings is 2. The van der Waals surface area contributed by atoms with Crippen LogP contribution in [0, 0.1) is 11.3 Å². The summed E-state index contributed by atoms with van der Waals surface area (Å²) in [6.07, 6.45) is -3.11. The maximum atomic E-state index is 13.6. The number of halogens is 3. The third-order valence-electron chi connectivity index (χ3n) is 4.69. The van der Waals surface area contributed by atoms with Gasteiger partial charge in [0, 0.05) is 23.8 Å². The third kappa shape index (κ3) is 6.02. The molecule has 33 heavy (non-hydrogen) atoms. The van der Waals surface area contributed by atoms with Crippen molar-refractivity contribution in [2.24, 2.45) is 0 Å². The largest absolute Gasteiger partial charge is 0.493 e. The summed E-state index contributed by atoms with van der Waals surface area (Å²) in [7, 11) is 1.58. The minimum atomic E-state index is -4.58. The van der Waals surface area contributed by atoms with E-state index in [9.17, 15) is 18.0 Å². The summed E-state index contributed by atoms with van der Waals surface area (Å²) in [4.78, 5) is 18.2. The Morgan fingerprint density at radius 1 is 1.24 bits per heavy atom. The first kappa shape index (κ1) is 24.1. The highest BCUT2D eigenvalue weighted by Crippen LogP contribution is 2.40. The van der Waals surface area contributed by atoms with Gasteiger partial charge in [0.15, 0.2) is 5.13 Å². The van der Waals surface area contributed by atoms with E-state index in [-0.39, 0.29) is 23.7 Å². The van der Waals surface area contributed by atoms with Gasteiger partial charge in [0.05, 0.1) is 23.8 Å². The number of carbonyl (C=O) groups is 1. The molecular weight excluding hydrogens is 453 g/mol. The van der Waals surface area contributed by atoms with Crippen LogP contribution in [0.15, 0.2) is 47.8 Å². The molecule has 0 aliphatic carbocycles. The lowest BCUT2D eigenvalue weighted by atomic mass is 10.1. The van der Waals surface area contributed by atoms with Gasteiger partial charge in [-0.2, -0.15) is 18.4 Å². The van der Waals surface area contributed by atoms with E-state index in [0.29, 0.717) is 22.8 Å². The number of thiazole rings is 1. The van der Waals surface area contributed by atoms with Crippen molar-refractivity contribution in [1.82, 2.24) is 4.98 Å². The van der Waals surface area contributed by atoms with Crippen LogP contribution in [0.5, 0.6) is 5.75 Å². The molecule has 1 aromatic heterocycles. The van der Waals surface area contributed by atoms with Gasteiger partial charge in [-0.3, -0.25) is 4.79 Å². The number of hydrogen-bond acceptors (Lipinski definition) is 6. The number of ether oxygens (including phenoxy) is 1. The molecular formula is C23H21F3N4O2S. The van der Waals surface area contributed by atoms with E-state index >= 15 is 0 Å². The molecule has 2 aromatic carbocycles. The lowest BCUT2D eigenvalue weighted by Gasteiger charge is -2.20. The molecule has 1 amide bonds. The van der Waals surface area contributed by atoms with Gasteiger partial charge >= 0.3 is 6.18 Å². The van der Waals surface area contributed by atoms with E-state index in [1.165, 1.54) is 22.4 Å². The zero-order valence-electron chi connectivity index (χ0n) is 17.9. The van der Waals surface area contributed by atoms with Gasteiger partial charge in [0.1, 0.15) is 11.4 Å². The molecule has 0 bridgehead atoms. The highest BCUT2D eigenvalue weighted by Gasteiger charge is 2.35. The molecule has 10 heteroatoms. The summed E-state index contributed by atoms with van der Waals surface area (Å²) in [6, 6.07) is 12.2. The lowest BCUT2D eigenvalue weighted by molar-refractivity contribution is -0.138. The fourth-order valence-corrected chi connectivity index (χ4v) is 3.65. The van der Waals surface area contributed by atoms with Gasteiger partial charge in [0.2, 0.25) is 0 Å². The molecule has 3 rings (SSSR count). The van der Waals surface area contributed by atoms with Crippen molar-refractivity contribution >= 4 is 33.8 Å². The Hall–Kier alpha value is -3.58. The molecule has 0 aliphatic rings. The Morgan fingerprint density at radius 2 is 1.97 bits per heavy atom. The van der Waals surface area contributed by atoms with Gasteiger partial charge < -0.3 is 15.0 Å². The normalized spacial score (nSPS) is 11.0. The number of anilines is 3. The van der Waals surface area contributed by atoms with Crippen LogP contribution < -0.4 is 15.0 Å². The molecule has 1 N–H and O–H groups in total. The van der Waals surface area contributed by atoms with Crippen molar-refractivity contribution in [3.63, 3.8) is 0 Å². The monoisotopic (exact) mass is 474 g/mol. The molecule has 0 fully saturated rings. The zero-order valence-corrected chi connectivity index (χ0v) is 18.8. The lowest BCUT2D eigenvalue weighted by Crippen LogP contribution is -2.15. The van der Waals surface area contributed by atoms with Crippen molar-refractivity contribution in [1.29, 1.82) is 5.26 Å². The van der Waals surface area contributed by atoms with Crippen LogP contribution in [0.1, 0.15) is 41.4 Å². The van der Waals surface area contributed by atoms with E-state index in [0.717, 1.165) is 23.8 Å². The number of nitrogens with one attached hydrogen (secondary N) is 1. The smallest absolute Gasteiger partial charge is 0.420 e. The van der Waals surface area contributed by atoms with Crippen molar-refractivity contribution in [2.75, 3.05) is 23.9 Å². The van der Waals surface area contributed by atoms with Crippen LogP contribution in [0.4, 0.5) is 29.7 Å². The average molecular weight is 475 g/mol. The maximum Gasteiger partial charge on any atom is 0.420 e. The van der Waals surface area contributed by atoms with E-state index in [4.69, 9.17) is 10.00 Å². The fraction of sp³-hybridized carbons (Fsp3) is 0.261. The van der Waals surface area contributed by atoms with Gasteiger partial charge in [-0.1, -0.05) is 13.3 Å². The Kier molecular flexibility index (Phi) is 7.55. The number of hydrogen-bond donors (Lipinski definition) is 1.